The molecule has 0 spiro atoms. The molecule has 0 aliphatic carbocycles. The third-order valence-corrected chi connectivity index (χ3v) is 0. The molecule has 0 aliphatic rings. The summed E-state index contributed by atoms with van der Waals surface area (Å²) in [5, 5.41) is 0. The number of hydrogen-bond acceptors (Lipinski definition) is 3. The molecule has 0 bridgehead atoms. The van der Waals surface area contributed by atoms with Gasteiger partial charge in [-0.25, -0.2) is 13.7 Å². The van der Waals surface area contributed by atoms with Gasteiger partial charge in [-0.15, -0.1) is 0 Å². The van der Waals surface area contributed by atoms with E-state index < -0.39 is 23.5 Å². The molecule has 0 aromatic heterocycles. The van der Waals surface area contributed by atoms with Crippen molar-refractivity contribution in [3.63, 3.8) is 0 Å². The summed E-state index contributed by atoms with van der Waals surface area (Å²) >= 11 is 0. The summed E-state index contributed by atoms with van der Waals surface area (Å²) in [6.45, 7) is 0. The van der Waals surface area contributed by atoms with E-state index in [1.54, 1.807) is 0 Å². The van der Waals surface area contributed by atoms with Crippen LogP contribution in [-0.2, 0) is 13.7 Å². The summed E-state index contributed by atoms with van der Waals surface area (Å²) in [6.07, 6.45) is 0. The monoisotopic (exact) mass is 504 g/mol. The Morgan fingerprint density at radius 3 is 0.438 bits per heavy atom. The molecule has 2 radical (unpaired) electrons. The van der Waals surface area contributed by atoms with E-state index in [0.717, 1.165) is 0 Å². The molecule has 0 saturated heterocycles. The van der Waals surface area contributed by atoms with Crippen LogP contribution >= 0.6 is 23.5 Å². The van der Waals surface area contributed by atoms with E-state index in [4.69, 9.17) is 57.7 Å². The van der Waals surface area contributed by atoms with Gasteiger partial charge in [0.2, 0.25) is 0 Å². The van der Waals surface area contributed by atoms with Crippen molar-refractivity contribution >= 4 is 50.8 Å². The zero-order valence-corrected chi connectivity index (χ0v) is 15.5. The maximum absolute atomic E-state index is 8.88. The first-order valence-corrected chi connectivity index (χ1v) is 7.04. The predicted octanol–water partition coefficient (Wildman–Crippen LogP) is -3.70. The van der Waals surface area contributed by atoms with Crippen LogP contribution in [0.5, 0.6) is 0 Å². The van der Waals surface area contributed by atoms with E-state index in [1.165, 1.54) is 0 Å². The molecule has 0 amide bonds. The molecule has 0 aliphatic heterocycles. The molecule has 16 heteroatoms. The van der Waals surface area contributed by atoms with Crippen molar-refractivity contribution in [3.8, 4) is 0 Å². The molecular weight excluding hydrogens is 492 g/mol. The third kappa shape index (κ3) is 1980. The molecular formula is H11O12P3Pb. The summed E-state index contributed by atoms with van der Waals surface area (Å²) in [4.78, 5) is 64.7. The van der Waals surface area contributed by atoms with Gasteiger partial charge in [-0.05, 0) is 0 Å². The van der Waals surface area contributed by atoms with Gasteiger partial charge in [-0.3, -0.25) is 0 Å². The van der Waals surface area contributed by atoms with Crippen molar-refractivity contribution < 1.29 is 57.7 Å². The summed E-state index contributed by atoms with van der Waals surface area (Å²) in [5.41, 5.74) is 0. The van der Waals surface area contributed by atoms with Gasteiger partial charge in [0.05, 0.1) is 0 Å². The second-order valence-electron chi connectivity index (χ2n) is 1.54. The zero-order valence-electron chi connectivity index (χ0n) is 7.30. The minimum absolute atomic E-state index is 0. The van der Waals surface area contributed by atoms with E-state index in [-0.39, 0.29) is 27.3 Å². The molecule has 0 aromatic rings. The maximum atomic E-state index is 8.88. The van der Waals surface area contributed by atoms with Crippen LogP contribution < -0.4 is 0 Å². The van der Waals surface area contributed by atoms with Crippen LogP contribution in [0.25, 0.3) is 0 Å². The number of rotatable bonds is 0. The van der Waals surface area contributed by atoms with Crippen molar-refractivity contribution in [2.45, 2.75) is 0 Å². The summed E-state index contributed by atoms with van der Waals surface area (Å²) < 4.78 is 26.6. The molecule has 0 aromatic carbocycles. The van der Waals surface area contributed by atoms with Crippen molar-refractivity contribution in [1.29, 1.82) is 0 Å². The van der Waals surface area contributed by atoms with Gasteiger partial charge >= 0.3 is 50.8 Å². The van der Waals surface area contributed by atoms with Crippen LogP contribution in [0.4, 0.5) is 0 Å². The van der Waals surface area contributed by atoms with Gasteiger partial charge in [-0.1, -0.05) is 0 Å². The Hall–Kier alpha value is 1.25. The fraction of sp³-hybridized carbons (Fsp3) is 0. The van der Waals surface area contributed by atoms with Crippen LogP contribution in [0.15, 0.2) is 0 Å². The van der Waals surface area contributed by atoms with Crippen molar-refractivity contribution in [2.24, 2.45) is 0 Å². The van der Waals surface area contributed by atoms with Crippen LogP contribution in [-0.4, -0.2) is 71.3 Å². The molecule has 12 nitrogen and oxygen atoms in total. The zero-order chi connectivity index (χ0) is 13.5. The Bertz CT molecular complexity index is 202. The van der Waals surface area contributed by atoms with Gasteiger partial charge in [0.1, 0.15) is 0 Å². The molecule has 102 valence electrons. The third-order valence-electron chi connectivity index (χ3n) is 0. The van der Waals surface area contributed by atoms with Crippen molar-refractivity contribution in [3.05, 3.63) is 0 Å². The van der Waals surface area contributed by atoms with Gasteiger partial charge in [0, 0.05) is 0 Å². The normalized spacial score (nSPS) is 11.1. The van der Waals surface area contributed by atoms with E-state index in [2.05, 4.69) is 0 Å². The molecule has 9 N–H and O–H groups in total. The molecule has 0 rings (SSSR count). The first kappa shape index (κ1) is 25.9. The van der Waals surface area contributed by atoms with Crippen LogP contribution in [0.1, 0.15) is 0 Å². The van der Waals surface area contributed by atoms with Crippen molar-refractivity contribution in [2.75, 3.05) is 0 Å². The Morgan fingerprint density at radius 2 is 0.438 bits per heavy atom. The molecule has 0 atom stereocenters. The first-order valence-electron chi connectivity index (χ1n) is 2.35. The first-order chi connectivity index (χ1) is 6.00. The van der Waals surface area contributed by atoms with Crippen LogP contribution in [0.3, 0.4) is 0 Å². The average molecular weight is 503 g/mol. The average Bonchev–Trinajstić information content (AvgIpc) is 1.41. The van der Waals surface area contributed by atoms with Crippen LogP contribution in [0.2, 0.25) is 0 Å². The topological polar surface area (TPSA) is 233 Å². The van der Waals surface area contributed by atoms with E-state index in [0.29, 0.717) is 0 Å². The molecule has 16 heavy (non-hydrogen) atoms. The van der Waals surface area contributed by atoms with E-state index >= 15 is 0 Å². The van der Waals surface area contributed by atoms with Gasteiger partial charge in [0.15, 0.2) is 0 Å². The molecule has 0 fully saturated rings. The molecule has 0 saturated carbocycles. The Kier molecular flexibility index (Phi) is 16.5. The van der Waals surface area contributed by atoms with Gasteiger partial charge in [0.25, 0.3) is 0 Å². The molecule has 0 heterocycles. The SMILES string of the molecule is O=P(O)(O)O.O=P(O)(O)O.O=P(O)(O)O.[PbH2]. The Balaban J connectivity index is -0.0000000655. The second kappa shape index (κ2) is 10.2. The summed E-state index contributed by atoms with van der Waals surface area (Å²) in [6, 6.07) is 0. The number of phosphoric acid groups is 3. The number of hydrogen-bond donors (Lipinski definition) is 9. The molecule has 0 unspecified atom stereocenters. The Labute approximate surface area is 108 Å². The minimum atomic E-state index is -4.64. The van der Waals surface area contributed by atoms with Gasteiger partial charge < -0.3 is 44.0 Å². The van der Waals surface area contributed by atoms with Gasteiger partial charge in [-0.2, -0.15) is 0 Å². The van der Waals surface area contributed by atoms with Crippen molar-refractivity contribution in [1.82, 2.24) is 0 Å². The van der Waals surface area contributed by atoms with Crippen LogP contribution in [0, 0.1) is 0 Å². The quantitative estimate of drug-likeness (QED) is 0.115. The second-order valence-corrected chi connectivity index (χ2v) is 4.62. The summed E-state index contributed by atoms with van der Waals surface area (Å²) in [5.74, 6) is 0. The Morgan fingerprint density at radius 1 is 0.438 bits per heavy atom. The standard InChI is InChI=1S/3H3O4P.Pb.2H/c3*1-5(2,3)4;;;/h3*(H3,1,2,3,4);;;. The predicted molar refractivity (Wildman–Crippen MR) is 51.3 cm³/mol. The summed E-state index contributed by atoms with van der Waals surface area (Å²) in [7, 11) is -13.9. The van der Waals surface area contributed by atoms with E-state index in [9.17, 15) is 0 Å². The fourth-order valence-electron chi connectivity index (χ4n) is 0. The fourth-order valence-corrected chi connectivity index (χ4v) is 0. The van der Waals surface area contributed by atoms with E-state index in [1.807, 2.05) is 0 Å².